The number of hydrogen-bond donors (Lipinski definition) is 2. The Labute approximate surface area is 177 Å². The molecule has 3 rings (SSSR count). The molecular formula is C20H27IN4S. The standard InChI is InChI=1S/C20H26N4S.HI/c1-3-18-10-11-19(25-18)15-23-20(21-2)22-14-16-6-8-17(9-7-16)24-12-4-5-13-24;/h4-11H,3,12-15H2,1-2H3,(H2,21,22,23);1H. The first-order valence-corrected chi connectivity index (χ1v) is 9.61. The second-order valence-electron chi connectivity index (χ2n) is 6.04. The average molecular weight is 482 g/mol. The summed E-state index contributed by atoms with van der Waals surface area (Å²) >= 11 is 1.86. The van der Waals surface area contributed by atoms with E-state index in [9.17, 15) is 0 Å². The third kappa shape index (κ3) is 5.74. The van der Waals surface area contributed by atoms with Crippen molar-refractivity contribution < 1.29 is 0 Å². The van der Waals surface area contributed by atoms with E-state index in [4.69, 9.17) is 0 Å². The van der Waals surface area contributed by atoms with Crippen molar-refractivity contribution in [1.29, 1.82) is 0 Å². The lowest BCUT2D eigenvalue weighted by Gasteiger charge is -2.18. The predicted octanol–water partition coefficient (Wildman–Crippen LogP) is 4.17. The van der Waals surface area contributed by atoms with E-state index >= 15 is 0 Å². The predicted molar refractivity (Wildman–Crippen MR) is 124 cm³/mol. The van der Waals surface area contributed by atoms with E-state index in [1.807, 2.05) is 18.4 Å². The largest absolute Gasteiger partial charge is 0.364 e. The Morgan fingerprint density at radius 3 is 2.27 bits per heavy atom. The first-order chi connectivity index (χ1) is 12.3. The number of nitrogens with zero attached hydrogens (tertiary/aromatic N) is 2. The molecule has 0 saturated carbocycles. The molecule has 0 atom stereocenters. The molecule has 140 valence electrons. The van der Waals surface area contributed by atoms with Crippen molar-refractivity contribution >= 4 is 47.0 Å². The second-order valence-corrected chi connectivity index (χ2v) is 7.30. The van der Waals surface area contributed by atoms with Gasteiger partial charge in [-0.05, 0) is 36.2 Å². The summed E-state index contributed by atoms with van der Waals surface area (Å²) in [6.45, 7) is 5.79. The maximum atomic E-state index is 4.31. The third-order valence-corrected chi connectivity index (χ3v) is 5.53. The molecule has 0 saturated heterocycles. The summed E-state index contributed by atoms with van der Waals surface area (Å²) in [5.74, 6) is 0.833. The van der Waals surface area contributed by atoms with E-state index in [1.165, 1.54) is 21.0 Å². The minimum atomic E-state index is 0. The SMILES string of the molecule is CCc1ccc(CNC(=NC)NCc2ccc(N3CC=CC3)cc2)s1.I. The highest BCUT2D eigenvalue weighted by atomic mass is 127. The van der Waals surface area contributed by atoms with Crippen molar-refractivity contribution in [2.45, 2.75) is 26.4 Å². The number of rotatable bonds is 6. The maximum absolute atomic E-state index is 4.31. The van der Waals surface area contributed by atoms with Gasteiger partial charge in [-0.1, -0.05) is 31.2 Å². The molecule has 2 aromatic rings. The number of thiophene rings is 1. The summed E-state index contributed by atoms with van der Waals surface area (Å²) in [7, 11) is 1.81. The van der Waals surface area contributed by atoms with E-state index in [2.05, 4.69) is 76.0 Å². The first kappa shape index (κ1) is 20.8. The van der Waals surface area contributed by atoms with Crippen molar-refractivity contribution in [2.75, 3.05) is 25.0 Å². The first-order valence-electron chi connectivity index (χ1n) is 8.79. The molecule has 6 heteroatoms. The van der Waals surface area contributed by atoms with Crippen molar-refractivity contribution in [3.05, 3.63) is 63.9 Å². The van der Waals surface area contributed by atoms with Gasteiger partial charge in [-0.15, -0.1) is 35.3 Å². The molecule has 0 unspecified atom stereocenters. The van der Waals surface area contributed by atoms with E-state index in [0.29, 0.717) is 0 Å². The summed E-state index contributed by atoms with van der Waals surface area (Å²) in [5.41, 5.74) is 2.53. The van der Waals surface area contributed by atoms with Gasteiger partial charge in [0.1, 0.15) is 0 Å². The zero-order valence-corrected chi connectivity index (χ0v) is 18.5. The molecule has 0 amide bonds. The zero-order valence-electron chi connectivity index (χ0n) is 15.4. The van der Waals surface area contributed by atoms with Crippen LogP contribution in [0.15, 0.2) is 53.5 Å². The Bertz CT molecular complexity index is 729. The highest BCUT2D eigenvalue weighted by Crippen LogP contribution is 2.18. The van der Waals surface area contributed by atoms with Crippen LogP contribution in [0.2, 0.25) is 0 Å². The molecule has 0 radical (unpaired) electrons. The number of aliphatic imine (C=N–C) groups is 1. The van der Waals surface area contributed by atoms with Gasteiger partial charge in [0, 0.05) is 42.1 Å². The fourth-order valence-corrected chi connectivity index (χ4v) is 3.70. The van der Waals surface area contributed by atoms with Crippen LogP contribution in [0.25, 0.3) is 0 Å². The van der Waals surface area contributed by atoms with Crippen molar-refractivity contribution in [2.24, 2.45) is 4.99 Å². The Morgan fingerprint density at radius 1 is 1.00 bits per heavy atom. The van der Waals surface area contributed by atoms with Crippen LogP contribution in [0.4, 0.5) is 5.69 Å². The molecule has 2 heterocycles. The highest BCUT2D eigenvalue weighted by molar-refractivity contribution is 14.0. The van der Waals surface area contributed by atoms with Gasteiger partial charge in [-0.3, -0.25) is 4.99 Å². The zero-order chi connectivity index (χ0) is 17.5. The van der Waals surface area contributed by atoms with Crippen LogP contribution < -0.4 is 15.5 Å². The van der Waals surface area contributed by atoms with E-state index in [1.54, 1.807) is 0 Å². The number of hydrogen-bond acceptors (Lipinski definition) is 3. The molecule has 26 heavy (non-hydrogen) atoms. The van der Waals surface area contributed by atoms with Crippen LogP contribution in [0.1, 0.15) is 22.2 Å². The van der Waals surface area contributed by atoms with Crippen LogP contribution in [0.5, 0.6) is 0 Å². The molecular weight excluding hydrogens is 455 g/mol. The fourth-order valence-electron chi connectivity index (χ4n) is 2.80. The van der Waals surface area contributed by atoms with Gasteiger partial charge in [-0.2, -0.15) is 0 Å². The smallest absolute Gasteiger partial charge is 0.191 e. The molecule has 0 bridgehead atoms. The Balaban J connectivity index is 0.00000243. The topological polar surface area (TPSA) is 39.7 Å². The number of aryl methyl sites for hydroxylation is 1. The Morgan fingerprint density at radius 2 is 1.65 bits per heavy atom. The molecule has 0 spiro atoms. The summed E-state index contributed by atoms with van der Waals surface area (Å²) in [5, 5.41) is 6.77. The summed E-state index contributed by atoms with van der Waals surface area (Å²) in [6, 6.07) is 13.1. The molecule has 1 aliphatic rings. The molecule has 1 aliphatic heterocycles. The van der Waals surface area contributed by atoms with Crippen LogP contribution in [-0.2, 0) is 19.5 Å². The molecule has 0 aliphatic carbocycles. The molecule has 4 nitrogen and oxygen atoms in total. The minimum Gasteiger partial charge on any atom is -0.364 e. The van der Waals surface area contributed by atoms with Gasteiger partial charge in [0.2, 0.25) is 0 Å². The van der Waals surface area contributed by atoms with Crippen molar-refractivity contribution in [3.63, 3.8) is 0 Å². The van der Waals surface area contributed by atoms with Gasteiger partial charge in [-0.25, -0.2) is 0 Å². The van der Waals surface area contributed by atoms with Crippen LogP contribution in [-0.4, -0.2) is 26.1 Å². The third-order valence-electron chi connectivity index (χ3n) is 4.30. The minimum absolute atomic E-state index is 0. The van der Waals surface area contributed by atoms with Crippen LogP contribution >= 0.6 is 35.3 Å². The average Bonchev–Trinajstić information content (AvgIpc) is 3.34. The highest BCUT2D eigenvalue weighted by Gasteiger charge is 2.07. The van der Waals surface area contributed by atoms with E-state index < -0.39 is 0 Å². The van der Waals surface area contributed by atoms with Crippen molar-refractivity contribution in [3.8, 4) is 0 Å². The lowest BCUT2D eigenvalue weighted by atomic mass is 10.2. The fraction of sp³-hybridized carbons (Fsp3) is 0.350. The summed E-state index contributed by atoms with van der Waals surface area (Å²) < 4.78 is 0. The number of benzene rings is 1. The molecule has 2 N–H and O–H groups in total. The Kier molecular flexibility index (Phi) is 8.44. The van der Waals surface area contributed by atoms with E-state index in [0.717, 1.165) is 38.6 Å². The molecule has 0 fully saturated rings. The van der Waals surface area contributed by atoms with Gasteiger partial charge in [0.25, 0.3) is 0 Å². The van der Waals surface area contributed by atoms with Crippen LogP contribution in [0.3, 0.4) is 0 Å². The Hall–Kier alpha value is -1.54. The van der Waals surface area contributed by atoms with Crippen molar-refractivity contribution in [1.82, 2.24) is 10.6 Å². The number of halogens is 1. The van der Waals surface area contributed by atoms with Gasteiger partial charge in [0.05, 0.1) is 6.54 Å². The van der Waals surface area contributed by atoms with Crippen LogP contribution in [0, 0.1) is 0 Å². The molecule has 1 aromatic carbocycles. The quantitative estimate of drug-likeness (QED) is 0.281. The van der Waals surface area contributed by atoms with Gasteiger partial charge < -0.3 is 15.5 Å². The lowest BCUT2D eigenvalue weighted by molar-refractivity contribution is 0.815. The number of guanidine groups is 1. The monoisotopic (exact) mass is 482 g/mol. The van der Waals surface area contributed by atoms with E-state index in [-0.39, 0.29) is 24.0 Å². The van der Waals surface area contributed by atoms with Gasteiger partial charge in [0.15, 0.2) is 5.96 Å². The molecule has 1 aromatic heterocycles. The summed E-state index contributed by atoms with van der Waals surface area (Å²) in [6.07, 6.45) is 5.52. The second kappa shape index (κ2) is 10.6. The maximum Gasteiger partial charge on any atom is 0.191 e. The lowest BCUT2D eigenvalue weighted by Crippen LogP contribution is -2.36. The van der Waals surface area contributed by atoms with Gasteiger partial charge >= 0.3 is 0 Å². The summed E-state index contributed by atoms with van der Waals surface area (Å²) in [4.78, 5) is 9.42. The normalized spacial score (nSPS) is 13.6. The number of anilines is 1. The number of nitrogens with one attached hydrogen (secondary N) is 2.